The van der Waals surface area contributed by atoms with Crippen molar-refractivity contribution in [3.63, 3.8) is 0 Å². The number of carbonyl (C=O) groups excluding carboxylic acids is 2. The number of nitrogens with zero attached hydrogens (tertiary/aromatic N) is 2. The number of piperidine rings is 1. The molecule has 7 nitrogen and oxygen atoms in total. The zero-order valence-electron chi connectivity index (χ0n) is 16.5. The number of hydrogen-bond acceptors (Lipinski definition) is 5. The van der Waals surface area contributed by atoms with Crippen LogP contribution in [-0.2, 0) is 19.6 Å². The second-order valence-corrected chi connectivity index (χ2v) is 9.34. The number of sulfonamides is 1. The molecule has 2 saturated heterocycles. The first-order valence-corrected chi connectivity index (χ1v) is 11.3. The summed E-state index contributed by atoms with van der Waals surface area (Å²) in [6.07, 6.45) is 2.86. The Kier molecular flexibility index (Phi) is 6.40. The fourth-order valence-electron chi connectivity index (χ4n) is 3.82. The normalized spacial score (nSPS) is 19.0. The third kappa shape index (κ3) is 4.22. The molecule has 2 aliphatic heterocycles. The lowest BCUT2D eigenvalue weighted by molar-refractivity contribution is -0.149. The van der Waals surface area contributed by atoms with Gasteiger partial charge in [0, 0.05) is 31.7 Å². The first kappa shape index (κ1) is 20.8. The van der Waals surface area contributed by atoms with Crippen LogP contribution in [0.3, 0.4) is 0 Å². The first-order valence-electron chi connectivity index (χ1n) is 9.91. The summed E-state index contributed by atoms with van der Waals surface area (Å²) in [7, 11) is -3.57. The fraction of sp³-hybridized carbons (Fsp3) is 0.600. The Morgan fingerprint density at radius 1 is 1.11 bits per heavy atom. The highest BCUT2D eigenvalue weighted by Crippen LogP contribution is 2.25. The van der Waals surface area contributed by atoms with Gasteiger partial charge in [0.05, 0.1) is 17.4 Å². The topological polar surface area (TPSA) is 84.0 Å². The van der Waals surface area contributed by atoms with Crippen molar-refractivity contribution in [3.05, 3.63) is 29.3 Å². The molecule has 0 atom stereocenters. The molecule has 2 aliphatic rings. The molecule has 28 heavy (non-hydrogen) atoms. The van der Waals surface area contributed by atoms with Crippen molar-refractivity contribution in [2.24, 2.45) is 5.92 Å². The first-order chi connectivity index (χ1) is 13.3. The van der Waals surface area contributed by atoms with Gasteiger partial charge in [-0.05, 0) is 57.2 Å². The smallest absolute Gasteiger partial charge is 0.309 e. The fourth-order valence-corrected chi connectivity index (χ4v) is 5.36. The van der Waals surface area contributed by atoms with Gasteiger partial charge in [-0.2, -0.15) is 4.31 Å². The molecule has 2 fully saturated rings. The maximum atomic E-state index is 13.0. The highest BCUT2D eigenvalue weighted by molar-refractivity contribution is 7.89. The molecule has 1 amide bonds. The predicted octanol–water partition coefficient (Wildman–Crippen LogP) is 2.19. The van der Waals surface area contributed by atoms with Gasteiger partial charge in [-0.15, -0.1) is 0 Å². The van der Waals surface area contributed by atoms with Gasteiger partial charge in [0.25, 0.3) is 5.91 Å². The lowest BCUT2D eigenvalue weighted by atomic mass is 9.96. The van der Waals surface area contributed by atoms with Crippen LogP contribution in [0.4, 0.5) is 0 Å². The SMILES string of the molecule is CCOC(=O)C1CCN(C(=O)c2cc(S(=O)(=O)N3CCCC3)ccc2C)CC1. The molecule has 8 heteroatoms. The Hall–Kier alpha value is -1.93. The van der Waals surface area contributed by atoms with Crippen molar-refractivity contribution in [3.8, 4) is 0 Å². The van der Waals surface area contributed by atoms with Gasteiger partial charge in [-0.3, -0.25) is 9.59 Å². The summed E-state index contributed by atoms with van der Waals surface area (Å²) in [6, 6.07) is 4.77. The summed E-state index contributed by atoms with van der Waals surface area (Å²) in [5.41, 5.74) is 1.16. The number of esters is 1. The summed E-state index contributed by atoms with van der Waals surface area (Å²) < 4.78 is 32.2. The van der Waals surface area contributed by atoms with E-state index in [4.69, 9.17) is 4.74 Å². The number of rotatable bonds is 5. The number of benzene rings is 1. The zero-order valence-corrected chi connectivity index (χ0v) is 17.3. The van der Waals surface area contributed by atoms with E-state index in [9.17, 15) is 18.0 Å². The van der Waals surface area contributed by atoms with Gasteiger partial charge >= 0.3 is 5.97 Å². The minimum Gasteiger partial charge on any atom is -0.466 e. The van der Waals surface area contributed by atoms with Crippen molar-refractivity contribution in [2.45, 2.75) is 44.4 Å². The summed E-state index contributed by atoms with van der Waals surface area (Å²) >= 11 is 0. The molecule has 0 spiro atoms. The van der Waals surface area contributed by atoms with Gasteiger partial charge in [-0.1, -0.05) is 6.07 Å². The molecular formula is C20H28N2O5S. The molecule has 1 aromatic rings. The van der Waals surface area contributed by atoms with Crippen molar-refractivity contribution in [1.29, 1.82) is 0 Å². The molecule has 154 valence electrons. The van der Waals surface area contributed by atoms with Gasteiger partial charge in [0.15, 0.2) is 0 Å². The molecule has 0 N–H and O–H groups in total. The average Bonchev–Trinajstić information content (AvgIpc) is 3.24. The highest BCUT2D eigenvalue weighted by atomic mass is 32.2. The van der Waals surface area contributed by atoms with E-state index >= 15 is 0 Å². The van der Waals surface area contributed by atoms with E-state index in [2.05, 4.69) is 0 Å². The average molecular weight is 409 g/mol. The van der Waals surface area contributed by atoms with Crippen LogP contribution in [0.5, 0.6) is 0 Å². The van der Waals surface area contributed by atoms with Crippen LogP contribution in [0.2, 0.25) is 0 Å². The van der Waals surface area contributed by atoms with Crippen LogP contribution in [0.15, 0.2) is 23.1 Å². The molecular weight excluding hydrogens is 380 g/mol. The van der Waals surface area contributed by atoms with Crippen LogP contribution >= 0.6 is 0 Å². The van der Waals surface area contributed by atoms with E-state index in [1.165, 1.54) is 10.4 Å². The second kappa shape index (κ2) is 8.61. The maximum Gasteiger partial charge on any atom is 0.309 e. The Morgan fingerprint density at radius 2 is 1.75 bits per heavy atom. The summed E-state index contributed by atoms with van der Waals surface area (Å²) in [4.78, 5) is 26.8. The standard InChI is InChI=1S/C20H28N2O5S/c1-3-27-20(24)16-8-12-21(13-9-16)19(23)18-14-17(7-6-15(18)2)28(25,26)22-10-4-5-11-22/h6-7,14,16H,3-5,8-13H2,1-2H3. The van der Waals surface area contributed by atoms with Gasteiger partial charge in [0.2, 0.25) is 10.0 Å². The quantitative estimate of drug-likeness (QED) is 0.698. The van der Waals surface area contributed by atoms with E-state index in [-0.39, 0.29) is 22.7 Å². The molecule has 1 aromatic carbocycles. The lowest BCUT2D eigenvalue weighted by Crippen LogP contribution is -2.41. The van der Waals surface area contributed by atoms with Crippen molar-refractivity contribution < 1.29 is 22.7 Å². The molecule has 0 bridgehead atoms. The van der Waals surface area contributed by atoms with E-state index in [0.717, 1.165) is 18.4 Å². The minimum absolute atomic E-state index is 0.171. The van der Waals surface area contributed by atoms with Crippen LogP contribution in [0, 0.1) is 12.8 Å². The van der Waals surface area contributed by atoms with Crippen molar-refractivity contribution in [1.82, 2.24) is 9.21 Å². The summed E-state index contributed by atoms with van der Waals surface area (Å²) in [5, 5.41) is 0. The number of aryl methyl sites for hydroxylation is 1. The zero-order chi connectivity index (χ0) is 20.3. The number of ether oxygens (including phenoxy) is 1. The molecule has 3 rings (SSSR count). The Labute approximate surface area is 166 Å². The predicted molar refractivity (Wildman–Crippen MR) is 104 cm³/mol. The third-order valence-corrected chi connectivity index (χ3v) is 7.44. The lowest BCUT2D eigenvalue weighted by Gasteiger charge is -2.31. The van der Waals surface area contributed by atoms with Crippen LogP contribution in [0.25, 0.3) is 0 Å². The minimum atomic E-state index is -3.57. The van der Waals surface area contributed by atoms with E-state index in [1.54, 1.807) is 24.0 Å². The van der Waals surface area contributed by atoms with Crippen LogP contribution in [0.1, 0.15) is 48.5 Å². The Bertz CT molecular complexity index is 838. The largest absolute Gasteiger partial charge is 0.466 e. The Morgan fingerprint density at radius 3 is 2.36 bits per heavy atom. The van der Waals surface area contributed by atoms with Crippen LogP contribution < -0.4 is 0 Å². The molecule has 0 unspecified atom stereocenters. The number of likely N-dealkylation sites (tertiary alicyclic amines) is 1. The van der Waals surface area contributed by atoms with Gasteiger partial charge < -0.3 is 9.64 Å². The monoisotopic (exact) mass is 408 g/mol. The molecule has 0 aliphatic carbocycles. The summed E-state index contributed by atoms with van der Waals surface area (Å²) in [6.45, 7) is 5.93. The van der Waals surface area contributed by atoms with Crippen molar-refractivity contribution in [2.75, 3.05) is 32.8 Å². The molecule has 0 saturated carbocycles. The maximum absolute atomic E-state index is 13.0. The van der Waals surface area contributed by atoms with Crippen LogP contribution in [-0.4, -0.2) is 62.3 Å². The van der Waals surface area contributed by atoms with Gasteiger partial charge in [-0.25, -0.2) is 8.42 Å². The van der Waals surface area contributed by atoms with Crippen molar-refractivity contribution >= 4 is 21.9 Å². The third-order valence-electron chi connectivity index (χ3n) is 5.54. The van der Waals surface area contributed by atoms with E-state index in [1.807, 2.05) is 6.92 Å². The highest BCUT2D eigenvalue weighted by Gasteiger charge is 2.31. The molecule has 2 heterocycles. The number of amides is 1. The Balaban J connectivity index is 1.75. The van der Waals surface area contributed by atoms with E-state index < -0.39 is 10.0 Å². The second-order valence-electron chi connectivity index (χ2n) is 7.41. The molecule has 0 radical (unpaired) electrons. The number of hydrogen-bond donors (Lipinski definition) is 0. The summed E-state index contributed by atoms with van der Waals surface area (Å²) in [5.74, 6) is -0.560. The molecule has 0 aromatic heterocycles. The van der Waals surface area contributed by atoms with Gasteiger partial charge in [0.1, 0.15) is 0 Å². The van der Waals surface area contributed by atoms with E-state index in [0.29, 0.717) is 51.2 Å². The number of carbonyl (C=O) groups is 2.